The third-order valence-corrected chi connectivity index (χ3v) is 2.52. The maximum absolute atomic E-state index is 5.84. The largest absolute Gasteiger partial charge is 0.464 e. The molecule has 0 bridgehead atoms. The molecule has 0 aromatic carbocycles. The van der Waals surface area contributed by atoms with E-state index in [9.17, 15) is 0 Å². The molecule has 2 heteroatoms. The van der Waals surface area contributed by atoms with Crippen molar-refractivity contribution in [1.82, 2.24) is 0 Å². The molecule has 0 aliphatic carbocycles. The fraction of sp³-hybridized carbons (Fsp3) is 0.538. The first-order valence-electron chi connectivity index (χ1n) is 5.39. The Balaban J connectivity index is 2.96. The first kappa shape index (κ1) is 12.1. The van der Waals surface area contributed by atoms with Crippen LogP contribution < -0.4 is 0 Å². The lowest BCUT2D eigenvalue weighted by Crippen LogP contribution is -2.39. The van der Waals surface area contributed by atoms with Gasteiger partial charge in [-0.2, -0.15) is 0 Å². The zero-order chi connectivity index (χ0) is 11.5. The van der Waals surface area contributed by atoms with Gasteiger partial charge in [-0.15, -0.1) is 0 Å². The van der Waals surface area contributed by atoms with Crippen LogP contribution in [0.4, 0.5) is 0 Å². The zero-order valence-corrected chi connectivity index (χ0v) is 10.0. The van der Waals surface area contributed by atoms with Crippen molar-refractivity contribution in [3.8, 4) is 0 Å². The molecule has 1 rings (SSSR count). The molecule has 0 aromatic rings. The van der Waals surface area contributed by atoms with Gasteiger partial charge < -0.3 is 9.47 Å². The van der Waals surface area contributed by atoms with E-state index >= 15 is 0 Å². The van der Waals surface area contributed by atoms with E-state index < -0.39 is 5.79 Å². The summed E-state index contributed by atoms with van der Waals surface area (Å²) in [6.07, 6.45) is 6.69. The predicted octanol–water partition coefficient (Wildman–Crippen LogP) is 3.56. The van der Waals surface area contributed by atoms with Crippen LogP contribution in [0.25, 0.3) is 0 Å². The summed E-state index contributed by atoms with van der Waals surface area (Å²) in [6.45, 7) is 11.7. The summed E-state index contributed by atoms with van der Waals surface area (Å²) in [5.74, 6) is 0.279. The number of ether oxygens (including phenoxy) is 2. The van der Waals surface area contributed by atoms with Gasteiger partial charge in [0.1, 0.15) is 0 Å². The standard InChI is InChI=1S/C13H20O2/c1-6-8-12(7-2)13(5)14-10(3)9-11(4)15-13/h6,8-10H,1,7H2,2-5H3/b12-8+/t10?,13-/m1/s1. The Morgan fingerprint density at radius 1 is 1.67 bits per heavy atom. The number of hydrogen-bond acceptors (Lipinski definition) is 2. The van der Waals surface area contributed by atoms with Crippen LogP contribution in [-0.4, -0.2) is 11.9 Å². The average Bonchev–Trinajstić information content (AvgIpc) is 2.11. The summed E-state index contributed by atoms with van der Waals surface area (Å²) < 4.78 is 11.6. The van der Waals surface area contributed by atoms with Gasteiger partial charge in [0, 0.05) is 12.5 Å². The summed E-state index contributed by atoms with van der Waals surface area (Å²) in [6, 6.07) is 0. The van der Waals surface area contributed by atoms with Gasteiger partial charge in [0.25, 0.3) is 0 Å². The molecule has 84 valence electrons. The Labute approximate surface area is 92.3 Å². The van der Waals surface area contributed by atoms with Crippen LogP contribution in [0.2, 0.25) is 0 Å². The van der Waals surface area contributed by atoms with Crippen molar-refractivity contribution < 1.29 is 9.47 Å². The molecule has 1 aliphatic heterocycles. The van der Waals surface area contributed by atoms with Gasteiger partial charge in [-0.05, 0) is 26.3 Å². The van der Waals surface area contributed by atoms with E-state index in [1.807, 2.05) is 32.9 Å². The van der Waals surface area contributed by atoms with Crippen molar-refractivity contribution in [2.24, 2.45) is 0 Å². The van der Waals surface area contributed by atoms with Crippen molar-refractivity contribution >= 4 is 0 Å². The fourth-order valence-electron chi connectivity index (χ4n) is 1.96. The third-order valence-electron chi connectivity index (χ3n) is 2.52. The molecule has 1 unspecified atom stereocenters. The molecule has 0 spiro atoms. The zero-order valence-electron chi connectivity index (χ0n) is 10.0. The SMILES string of the molecule is C=C/C=C(\CC)[C@@]1(C)OC(C)=CC(C)O1. The van der Waals surface area contributed by atoms with Gasteiger partial charge in [-0.3, -0.25) is 0 Å². The van der Waals surface area contributed by atoms with Crippen LogP contribution in [0.5, 0.6) is 0 Å². The Bertz CT molecular complexity index is 302. The Kier molecular flexibility index (Phi) is 3.75. The molecule has 0 N–H and O–H groups in total. The first-order valence-corrected chi connectivity index (χ1v) is 5.39. The quantitative estimate of drug-likeness (QED) is 0.660. The predicted molar refractivity (Wildman–Crippen MR) is 62.4 cm³/mol. The monoisotopic (exact) mass is 208 g/mol. The van der Waals surface area contributed by atoms with Crippen molar-refractivity contribution in [2.45, 2.75) is 46.0 Å². The smallest absolute Gasteiger partial charge is 0.230 e. The van der Waals surface area contributed by atoms with Crippen LogP contribution in [0.15, 0.2) is 36.1 Å². The highest BCUT2D eigenvalue weighted by Gasteiger charge is 2.35. The Morgan fingerprint density at radius 2 is 2.33 bits per heavy atom. The molecule has 0 fully saturated rings. The molecule has 0 radical (unpaired) electrons. The fourth-order valence-corrected chi connectivity index (χ4v) is 1.96. The third kappa shape index (κ3) is 2.72. The van der Waals surface area contributed by atoms with E-state index in [1.165, 1.54) is 0 Å². The van der Waals surface area contributed by atoms with Crippen molar-refractivity contribution in [2.75, 3.05) is 0 Å². The van der Waals surface area contributed by atoms with E-state index in [4.69, 9.17) is 9.47 Å². The minimum Gasteiger partial charge on any atom is -0.464 e. The normalized spacial score (nSPS) is 31.9. The molecular weight excluding hydrogens is 188 g/mol. The average molecular weight is 208 g/mol. The van der Waals surface area contributed by atoms with Crippen molar-refractivity contribution in [1.29, 1.82) is 0 Å². The lowest BCUT2D eigenvalue weighted by Gasteiger charge is -2.38. The van der Waals surface area contributed by atoms with Crippen LogP contribution in [0.1, 0.15) is 34.1 Å². The second-order valence-corrected chi connectivity index (χ2v) is 3.93. The molecule has 1 aliphatic rings. The van der Waals surface area contributed by atoms with Crippen LogP contribution in [0.3, 0.4) is 0 Å². The minimum absolute atomic E-state index is 0.0866. The van der Waals surface area contributed by atoms with E-state index in [0.717, 1.165) is 17.8 Å². The topological polar surface area (TPSA) is 18.5 Å². The van der Waals surface area contributed by atoms with Gasteiger partial charge in [0.2, 0.25) is 5.79 Å². The minimum atomic E-state index is -0.638. The van der Waals surface area contributed by atoms with E-state index in [-0.39, 0.29) is 6.10 Å². The van der Waals surface area contributed by atoms with Gasteiger partial charge in [0.15, 0.2) is 0 Å². The number of hydrogen-bond donors (Lipinski definition) is 0. The molecule has 0 aromatic heterocycles. The number of rotatable bonds is 3. The van der Waals surface area contributed by atoms with Gasteiger partial charge >= 0.3 is 0 Å². The molecule has 1 heterocycles. The Hall–Kier alpha value is -1.02. The highest BCUT2D eigenvalue weighted by atomic mass is 16.7. The van der Waals surface area contributed by atoms with E-state index in [2.05, 4.69) is 13.5 Å². The molecule has 0 saturated carbocycles. The summed E-state index contributed by atoms with van der Waals surface area (Å²) in [4.78, 5) is 0. The molecule has 2 nitrogen and oxygen atoms in total. The summed E-state index contributed by atoms with van der Waals surface area (Å²) in [7, 11) is 0. The molecule has 2 atom stereocenters. The van der Waals surface area contributed by atoms with Gasteiger partial charge in [0.05, 0.1) is 11.9 Å². The van der Waals surface area contributed by atoms with Crippen molar-refractivity contribution in [3.05, 3.63) is 36.1 Å². The maximum Gasteiger partial charge on any atom is 0.230 e. The summed E-state index contributed by atoms with van der Waals surface area (Å²) >= 11 is 0. The van der Waals surface area contributed by atoms with Crippen LogP contribution in [0, 0.1) is 0 Å². The molecular formula is C13H20O2. The first-order chi connectivity index (χ1) is 7.01. The summed E-state index contributed by atoms with van der Waals surface area (Å²) in [5, 5.41) is 0. The molecule has 0 amide bonds. The second kappa shape index (κ2) is 4.67. The highest BCUT2D eigenvalue weighted by molar-refractivity contribution is 5.20. The second-order valence-electron chi connectivity index (χ2n) is 3.93. The van der Waals surface area contributed by atoms with Gasteiger partial charge in [-0.25, -0.2) is 0 Å². The van der Waals surface area contributed by atoms with Crippen LogP contribution in [-0.2, 0) is 9.47 Å². The van der Waals surface area contributed by atoms with E-state index in [0.29, 0.717) is 0 Å². The summed E-state index contributed by atoms with van der Waals surface area (Å²) in [5.41, 5.74) is 1.11. The molecule has 15 heavy (non-hydrogen) atoms. The Morgan fingerprint density at radius 3 is 2.80 bits per heavy atom. The number of allylic oxidation sites excluding steroid dienone is 3. The lowest BCUT2D eigenvalue weighted by molar-refractivity contribution is -0.206. The van der Waals surface area contributed by atoms with Crippen molar-refractivity contribution in [3.63, 3.8) is 0 Å². The van der Waals surface area contributed by atoms with Crippen LogP contribution >= 0.6 is 0 Å². The van der Waals surface area contributed by atoms with E-state index in [1.54, 1.807) is 6.08 Å². The highest BCUT2D eigenvalue weighted by Crippen LogP contribution is 2.33. The van der Waals surface area contributed by atoms with Gasteiger partial charge in [-0.1, -0.05) is 25.7 Å². The lowest BCUT2D eigenvalue weighted by atomic mass is 10.0. The molecule has 0 saturated heterocycles. The maximum atomic E-state index is 5.84.